The molecular formula is C36H50Cl2N6O5. The Balaban J connectivity index is 0.000000201. The van der Waals surface area contributed by atoms with Gasteiger partial charge in [0.2, 0.25) is 5.91 Å². The third-order valence-corrected chi connectivity index (χ3v) is 10.0. The molecule has 11 nitrogen and oxygen atoms in total. The zero-order valence-electron chi connectivity index (χ0n) is 28.5. The molecule has 4 fully saturated rings. The first-order valence-electron chi connectivity index (χ1n) is 16.7. The molecule has 0 unspecified atom stereocenters. The number of aliphatic hydroxyl groups excluding tert-OH is 2. The molecule has 4 heterocycles. The molecule has 0 saturated carbocycles. The number of halogens is 2. The molecule has 0 aromatic heterocycles. The molecule has 268 valence electrons. The summed E-state index contributed by atoms with van der Waals surface area (Å²) < 4.78 is 0. The number of hydrogen-bond donors (Lipinski definition) is 4. The number of rotatable bonds is 6. The number of carbonyl (C=O) groups is 2. The van der Waals surface area contributed by atoms with Crippen LogP contribution in [0.4, 0.5) is 0 Å². The minimum Gasteiger partial charge on any atom is -0.481 e. The Morgan fingerprint density at radius 2 is 1.06 bits per heavy atom. The van der Waals surface area contributed by atoms with Crippen LogP contribution in [0.15, 0.2) is 61.7 Å². The highest BCUT2D eigenvalue weighted by atomic mass is 35.5. The van der Waals surface area contributed by atoms with Crippen LogP contribution >= 0.6 is 23.2 Å². The summed E-state index contributed by atoms with van der Waals surface area (Å²) in [5, 5.41) is 32.4. The molecule has 0 spiro atoms. The third-order valence-electron chi connectivity index (χ3n) is 9.54. The zero-order chi connectivity index (χ0) is 35.7. The van der Waals surface area contributed by atoms with Gasteiger partial charge in [-0.15, -0.1) is 0 Å². The molecule has 6 rings (SSSR count). The summed E-state index contributed by atoms with van der Waals surface area (Å²) in [5.74, 6) is -0.800. The van der Waals surface area contributed by atoms with Crippen molar-refractivity contribution in [2.24, 2.45) is 0 Å². The fourth-order valence-electron chi connectivity index (χ4n) is 6.71. The molecule has 4 atom stereocenters. The van der Waals surface area contributed by atoms with Gasteiger partial charge in [0, 0.05) is 120 Å². The molecule has 0 aliphatic carbocycles. The fraction of sp³-hybridized carbons (Fsp3) is 0.500. The Kier molecular flexibility index (Phi) is 14.3. The molecule has 4 aliphatic rings. The van der Waals surface area contributed by atoms with Gasteiger partial charge in [-0.3, -0.25) is 19.4 Å². The average molecular weight is 718 g/mol. The van der Waals surface area contributed by atoms with E-state index in [4.69, 9.17) is 33.1 Å². The maximum absolute atomic E-state index is 11.5. The highest BCUT2D eigenvalue weighted by Gasteiger charge is 2.38. The first-order valence-corrected chi connectivity index (χ1v) is 17.5. The van der Waals surface area contributed by atoms with E-state index in [0.29, 0.717) is 19.6 Å². The predicted octanol–water partition coefficient (Wildman–Crippen LogP) is 2.87. The number of carboxylic acids is 1. The number of carbonyl (C=O) groups excluding carboxylic acids is 1. The van der Waals surface area contributed by atoms with E-state index in [2.05, 4.69) is 38.1 Å². The topological polar surface area (TPSA) is 123 Å². The largest absolute Gasteiger partial charge is 0.481 e. The second-order valence-corrected chi connectivity index (χ2v) is 13.7. The summed E-state index contributed by atoms with van der Waals surface area (Å²) in [5.41, 5.74) is 4.26. The van der Waals surface area contributed by atoms with E-state index in [1.165, 1.54) is 0 Å². The minimum atomic E-state index is -0.833. The van der Waals surface area contributed by atoms with Crippen LogP contribution in [-0.4, -0.2) is 155 Å². The average Bonchev–Trinajstić information content (AvgIpc) is 3.70. The normalized spacial score (nSPS) is 24.4. The second kappa shape index (κ2) is 18.2. The van der Waals surface area contributed by atoms with Gasteiger partial charge in [0.25, 0.3) is 5.97 Å². The Morgan fingerprint density at radius 1 is 0.653 bits per heavy atom. The highest BCUT2D eigenvalue weighted by molar-refractivity contribution is 6.30. The van der Waals surface area contributed by atoms with Crippen molar-refractivity contribution >= 4 is 46.5 Å². The first-order chi connectivity index (χ1) is 23.3. The van der Waals surface area contributed by atoms with Crippen molar-refractivity contribution < 1.29 is 24.9 Å². The maximum Gasteiger partial charge on any atom is 0.300 e. The van der Waals surface area contributed by atoms with Gasteiger partial charge in [0.1, 0.15) is 0 Å². The van der Waals surface area contributed by atoms with E-state index in [9.17, 15) is 15.0 Å². The van der Waals surface area contributed by atoms with Gasteiger partial charge >= 0.3 is 0 Å². The number of piperazine rings is 2. The van der Waals surface area contributed by atoms with Crippen LogP contribution in [0.1, 0.15) is 25.0 Å². The summed E-state index contributed by atoms with van der Waals surface area (Å²) in [6.45, 7) is 21.0. The van der Waals surface area contributed by atoms with Crippen LogP contribution in [0.25, 0.3) is 11.4 Å². The molecule has 2 aromatic rings. The number of carboxylic acid groups (broad SMARTS) is 1. The lowest BCUT2D eigenvalue weighted by Crippen LogP contribution is -2.53. The van der Waals surface area contributed by atoms with Gasteiger partial charge in [0.05, 0.1) is 18.2 Å². The van der Waals surface area contributed by atoms with Crippen LogP contribution in [0.2, 0.25) is 10.0 Å². The SMILES string of the molecule is C=C(c1ccc(Cl)cc1)N1CCN([C@@H]2CN(C(C)=O)C[C@H]2O)CC1.C=C(c1ccc(Cl)cc1)N1CCN([C@@H]2CNC[C@H]2O)CC1.CC(=O)O. The Labute approximate surface area is 300 Å². The number of β-amino-alcohol motifs (C(OH)–C–C–N with tert-alkyl or cyclic N) is 2. The summed E-state index contributed by atoms with van der Waals surface area (Å²) in [6, 6.07) is 15.9. The molecule has 1 amide bonds. The molecule has 4 N–H and O–H groups in total. The summed E-state index contributed by atoms with van der Waals surface area (Å²) in [4.78, 5) is 31.5. The van der Waals surface area contributed by atoms with Crippen molar-refractivity contribution in [1.29, 1.82) is 0 Å². The highest BCUT2D eigenvalue weighted by Crippen LogP contribution is 2.25. The van der Waals surface area contributed by atoms with Crippen LogP contribution in [0, 0.1) is 0 Å². The van der Waals surface area contributed by atoms with E-state index in [1.807, 2.05) is 48.5 Å². The van der Waals surface area contributed by atoms with E-state index < -0.39 is 12.1 Å². The van der Waals surface area contributed by atoms with Crippen LogP contribution in [-0.2, 0) is 9.59 Å². The predicted molar refractivity (Wildman–Crippen MR) is 195 cm³/mol. The molecule has 4 aliphatic heterocycles. The Bertz CT molecular complexity index is 1410. The number of benzene rings is 2. The van der Waals surface area contributed by atoms with Gasteiger partial charge in [-0.05, 0) is 35.4 Å². The van der Waals surface area contributed by atoms with Crippen molar-refractivity contribution in [3.63, 3.8) is 0 Å². The van der Waals surface area contributed by atoms with Gasteiger partial charge in [-0.25, -0.2) is 0 Å². The van der Waals surface area contributed by atoms with Gasteiger partial charge in [-0.1, -0.05) is 60.6 Å². The molecular weight excluding hydrogens is 667 g/mol. The zero-order valence-corrected chi connectivity index (χ0v) is 30.0. The smallest absolute Gasteiger partial charge is 0.300 e. The molecule has 4 saturated heterocycles. The van der Waals surface area contributed by atoms with Gasteiger partial charge in [-0.2, -0.15) is 0 Å². The fourth-order valence-corrected chi connectivity index (χ4v) is 6.96. The van der Waals surface area contributed by atoms with E-state index >= 15 is 0 Å². The summed E-state index contributed by atoms with van der Waals surface area (Å²) in [6.07, 6.45) is -0.698. The van der Waals surface area contributed by atoms with E-state index in [0.717, 1.165) is 98.4 Å². The van der Waals surface area contributed by atoms with Crippen LogP contribution in [0.5, 0.6) is 0 Å². The summed E-state index contributed by atoms with van der Waals surface area (Å²) >= 11 is 11.9. The van der Waals surface area contributed by atoms with Crippen molar-refractivity contribution in [2.45, 2.75) is 38.1 Å². The molecule has 13 heteroatoms. The molecule has 0 radical (unpaired) electrons. The third kappa shape index (κ3) is 10.9. The van der Waals surface area contributed by atoms with Gasteiger partial charge in [0.15, 0.2) is 0 Å². The Hall–Kier alpha value is -3.16. The number of likely N-dealkylation sites (tertiary alicyclic amines) is 1. The minimum absolute atomic E-state index is 0.0336. The number of hydrogen-bond acceptors (Lipinski definition) is 9. The lowest BCUT2D eigenvalue weighted by Gasteiger charge is -2.40. The first kappa shape index (κ1) is 38.6. The lowest BCUT2D eigenvalue weighted by atomic mass is 10.1. The Morgan fingerprint density at radius 3 is 1.41 bits per heavy atom. The number of amides is 1. The quantitative estimate of drug-likeness (QED) is 0.355. The van der Waals surface area contributed by atoms with Crippen LogP contribution < -0.4 is 5.32 Å². The van der Waals surface area contributed by atoms with E-state index in [1.54, 1.807) is 11.8 Å². The standard InChI is InChI=1S/C18H24ClN3O2.C16H22ClN3O.C2H4O2/c1-13(15-3-5-16(19)6-4-15)20-7-9-21(10-8-20)17-11-22(14(2)23)12-18(17)24;1-12(13-2-4-14(17)5-3-13)19-6-8-20(9-7-19)15-10-18-11-16(15)21;1-2(3)4/h3-6,17-18,24H,1,7-12H2,2H3;2-5,15-16,18,21H,1,6-11H2;1H3,(H,3,4)/t17-,18-;15-,16-;/m11./s1. The number of aliphatic carboxylic acids is 1. The van der Waals surface area contributed by atoms with Crippen molar-refractivity contribution in [2.75, 3.05) is 78.5 Å². The second-order valence-electron chi connectivity index (χ2n) is 12.8. The maximum atomic E-state index is 11.5. The summed E-state index contributed by atoms with van der Waals surface area (Å²) in [7, 11) is 0. The lowest BCUT2D eigenvalue weighted by molar-refractivity contribution is -0.134. The van der Waals surface area contributed by atoms with E-state index in [-0.39, 0.29) is 24.1 Å². The van der Waals surface area contributed by atoms with Crippen molar-refractivity contribution in [3.8, 4) is 0 Å². The molecule has 49 heavy (non-hydrogen) atoms. The molecule has 2 aromatic carbocycles. The van der Waals surface area contributed by atoms with Crippen molar-refractivity contribution in [1.82, 2.24) is 29.8 Å². The number of aliphatic hydroxyl groups is 2. The van der Waals surface area contributed by atoms with Crippen LogP contribution in [0.3, 0.4) is 0 Å². The van der Waals surface area contributed by atoms with Gasteiger partial charge < -0.3 is 35.3 Å². The monoisotopic (exact) mass is 716 g/mol. The molecule has 0 bridgehead atoms. The van der Waals surface area contributed by atoms with Crippen molar-refractivity contribution in [3.05, 3.63) is 82.9 Å². The number of nitrogens with one attached hydrogen (secondary N) is 1. The number of nitrogens with zero attached hydrogens (tertiary/aromatic N) is 5.